The van der Waals surface area contributed by atoms with Gasteiger partial charge in [0, 0.05) is 11.3 Å². The van der Waals surface area contributed by atoms with Crippen molar-refractivity contribution in [3.05, 3.63) is 104 Å². The number of hydrogen-bond donors (Lipinski definition) is 1. The van der Waals surface area contributed by atoms with Gasteiger partial charge in [0.25, 0.3) is 5.91 Å². The predicted octanol–water partition coefficient (Wildman–Crippen LogP) is 7.19. The van der Waals surface area contributed by atoms with Gasteiger partial charge >= 0.3 is 0 Å². The molecule has 0 aliphatic heterocycles. The fourth-order valence-corrected chi connectivity index (χ4v) is 4.76. The summed E-state index contributed by atoms with van der Waals surface area (Å²) >= 11 is 2.19. The van der Waals surface area contributed by atoms with Gasteiger partial charge in [-0.25, -0.2) is 0 Å². The highest BCUT2D eigenvalue weighted by Gasteiger charge is 2.15. The molecule has 1 N–H and O–H groups in total. The van der Waals surface area contributed by atoms with Crippen LogP contribution in [0.25, 0.3) is 16.8 Å². The molecule has 5 nitrogen and oxygen atoms in total. The number of nitrogens with one attached hydrogen (secondary N) is 1. The molecule has 0 bridgehead atoms. The Morgan fingerprint density at radius 1 is 1.06 bits per heavy atom. The lowest BCUT2D eigenvalue weighted by atomic mass is 10.0. The van der Waals surface area contributed by atoms with Crippen LogP contribution in [0, 0.1) is 28.7 Å². The van der Waals surface area contributed by atoms with Crippen LogP contribution in [0.2, 0.25) is 0 Å². The number of rotatable bonds is 7. The average molecular weight is 588 g/mol. The van der Waals surface area contributed by atoms with Crippen LogP contribution in [0.5, 0.6) is 11.5 Å². The van der Waals surface area contributed by atoms with Crippen LogP contribution in [0.15, 0.2) is 78.4 Å². The van der Waals surface area contributed by atoms with Crippen molar-refractivity contribution in [1.29, 1.82) is 5.26 Å². The van der Waals surface area contributed by atoms with Crippen molar-refractivity contribution in [2.75, 3.05) is 12.4 Å². The zero-order chi connectivity index (χ0) is 25.7. The number of amides is 1. The number of anilines is 1. The number of nitriles is 1. The molecule has 1 amide bonds. The summed E-state index contributed by atoms with van der Waals surface area (Å²) in [5.74, 6) is 0.677. The Balaban J connectivity index is 1.59. The van der Waals surface area contributed by atoms with Crippen LogP contribution in [-0.2, 0) is 11.4 Å². The van der Waals surface area contributed by atoms with Gasteiger partial charge in [0.1, 0.15) is 18.2 Å². The first-order valence-corrected chi connectivity index (χ1v) is 12.4. The molecule has 0 heterocycles. The first kappa shape index (κ1) is 25.3. The molecule has 6 heteroatoms. The molecule has 4 aromatic rings. The van der Waals surface area contributed by atoms with E-state index in [9.17, 15) is 10.1 Å². The summed E-state index contributed by atoms with van der Waals surface area (Å²) in [6.07, 6.45) is 1.55. The molecule has 36 heavy (non-hydrogen) atoms. The zero-order valence-corrected chi connectivity index (χ0v) is 22.4. The van der Waals surface area contributed by atoms with Gasteiger partial charge in [-0.1, -0.05) is 48.5 Å². The Morgan fingerprint density at radius 3 is 2.61 bits per heavy atom. The van der Waals surface area contributed by atoms with E-state index in [1.54, 1.807) is 25.3 Å². The second-order valence-electron chi connectivity index (χ2n) is 8.40. The molecule has 4 rings (SSSR count). The Bertz CT molecular complexity index is 1520. The van der Waals surface area contributed by atoms with Crippen LogP contribution in [-0.4, -0.2) is 13.0 Å². The monoisotopic (exact) mass is 588 g/mol. The highest BCUT2D eigenvalue weighted by Crippen LogP contribution is 2.36. The van der Waals surface area contributed by atoms with Crippen LogP contribution in [0.3, 0.4) is 0 Å². The minimum atomic E-state index is -0.469. The van der Waals surface area contributed by atoms with Gasteiger partial charge in [-0.05, 0) is 94.2 Å². The Morgan fingerprint density at radius 2 is 1.86 bits per heavy atom. The number of fused-ring (bicyclic) bond motifs is 1. The van der Waals surface area contributed by atoms with E-state index in [0.717, 1.165) is 31.0 Å². The molecule has 180 valence electrons. The Hall–Kier alpha value is -3.83. The maximum absolute atomic E-state index is 12.7. The van der Waals surface area contributed by atoms with Crippen LogP contribution in [0.1, 0.15) is 22.3 Å². The topological polar surface area (TPSA) is 71.3 Å². The summed E-state index contributed by atoms with van der Waals surface area (Å²) in [7, 11) is 1.57. The molecule has 0 atom stereocenters. The van der Waals surface area contributed by atoms with Crippen molar-refractivity contribution in [1.82, 2.24) is 0 Å². The molecule has 0 unspecified atom stereocenters. The number of nitrogens with zero attached hydrogens (tertiary/aromatic N) is 1. The fourth-order valence-electron chi connectivity index (χ4n) is 3.98. The third kappa shape index (κ3) is 5.69. The number of carbonyl (C=O) groups is 1. The molecule has 0 fully saturated rings. The number of methoxy groups -OCH3 is 1. The van der Waals surface area contributed by atoms with Gasteiger partial charge < -0.3 is 14.8 Å². The van der Waals surface area contributed by atoms with E-state index in [1.807, 2.05) is 49.4 Å². The third-order valence-electron chi connectivity index (χ3n) is 5.84. The van der Waals surface area contributed by atoms with E-state index in [1.165, 1.54) is 0 Å². The van der Waals surface area contributed by atoms with E-state index in [4.69, 9.17) is 9.47 Å². The smallest absolute Gasteiger partial charge is 0.266 e. The van der Waals surface area contributed by atoms with Crippen molar-refractivity contribution in [2.45, 2.75) is 20.5 Å². The largest absolute Gasteiger partial charge is 0.493 e. The number of carbonyl (C=O) groups excluding carboxylic acids is 1. The highest BCUT2D eigenvalue weighted by atomic mass is 127. The molecule has 0 saturated carbocycles. The lowest BCUT2D eigenvalue weighted by Gasteiger charge is -2.16. The second-order valence-corrected chi connectivity index (χ2v) is 9.56. The van der Waals surface area contributed by atoms with E-state index in [2.05, 4.69) is 59.1 Å². The summed E-state index contributed by atoms with van der Waals surface area (Å²) in [5, 5.41) is 14.7. The molecule has 0 radical (unpaired) electrons. The van der Waals surface area contributed by atoms with Gasteiger partial charge in [0.2, 0.25) is 0 Å². The maximum Gasteiger partial charge on any atom is 0.266 e. The molecular weight excluding hydrogens is 563 g/mol. The summed E-state index contributed by atoms with van der Waals surface area (Å²) in [6, 6.07) is 25.5. The van der Waals surface area contributed by atoms with Gasteiger partial charge in [-0.3, -0.25) is 4.79 Å². The van der Waals surface area contributed by atoms with Crippen molar-refractivity contribution >= 4 is 51.0 Å². The number of aryl methyl sites for hydroxylation is 2. The molecule has 0 spiro atoms. The lowest BCUT2D eigenvalue weighted by molar-refractivity contribution is -0.112. The number of ether oxygens (including phenoxy) is 2. The first-order valence-electron chi connectivity index (χ1n) is 11.4. The third-order valence-corrected chi connectivity index (χ3v) is 6.64. The normalized spacial score (nSPS) is 11.1. The minimum Gasteiger partial charge on any atom is -0.493 e. The summed E-state index contributed by atoms with van der Waals surface area (Å²) < 4.78 is 12.7. The van der Waals surface area contributed by atoms with Crippen molar-refractivity contribution in [3.63, 3.8) is 0 Å². The van der Waals surface area contributed by atoms with Gasteiger partial charge in [-0.2, -0.15) is 5.26 Å². The SMILES string of the molecule is COc1cc(/C=C(\C#N)C(=O)Nc2cccc(C)c2)cc(I)c1OCc1c(C)ccc2ccccc12. The van der Waals surface area contributed by atoms with Gasteiger partial charge in [-0.15, -0.1) is 0 Å². The predicted molar refractivity (Wildman–Crippen MR) is 152 cm³/mol. The molecular formula is C30H25IN2O3. The average Bonchev–Trinajstić information content (AvgIpc) is 2.87. The van der Waals surface area contributed by atoms with E-state index < -0.39 is 5.91 Å². The second kappa shape index (κ2) is 11.3. The minimum absolute atomic E-state index is 0.00518. The quantitative estimate of drug-likeness (QED) is 0.141. The van der Waals surface area contributed by atoms with Gasteiger partial charge in [0.15, 0.2) is 11.5 Å². The van der Waals surface area contributed by atoms with Crippen LogP contribution < -0.4 is 14.8 Å². The van der Waals surface area contributed by atoms with Crippen molar-refractivity contribution in [2.24, 2.45) is 0 Å². The first-order chi connectivity index (χ1) is 17.4. The van der Waals surface area contributed by atoms with Crippen molar-refractivity contribution in [3.8, 4) is 17.6 Å². The van der Waals surface area contributed by atoms with Crippen LogP contribution in [0.4, 0.5) is 5.69 Å². The zero-order valence-electron chi connectivity index (χ0n) is 20.3. The molecule has 0 saturated heterocycles. The molecule has 0 aliphatic rings. The molecule has 0 aliphatic carbocycles. The van der Waals surface area contributed by atoms with E-state index >= 15 is 0 Å². The summed E-state index contributed by atoms with van der Waals surface area (Å²) in [6.45, 7) is 4.40. The Labute approximate surface area is 224 Å². The molecule has 4 aromatic carbocycles. The number of halogens is 1. The van der Waals surface area contributed by atoms with E-state index in [0.29, 0.717) is 29.4 Å². The Kier molecular flexibility index (Phi) is 7.91. The standard InChI is InChI=1S/C30H25IN2O3/c1-19-7-6-9-24(13-19)33-30(34)23(17-32)14-21-15-27(31)29(28(16-21)35-3)36-18-26-20(2)11-12-22-8-4-5-10-25(22)26/h4-16H,18H2,1-3H3,(H,33,34)/b23-14+. The van der Waals surface area contributed by atoms with Crippen LogP contribution >= 0.6 is 22.6 Å². The number of hydrogen-bond acceptors (Lipinski definition) is 4. The maximum atomic E-state index is 12.7. The molecule has 0 aromatic heterocycles. The summed E-state index contributed by atoms with van der Waals surface area (Å²) in [5.41, 5.74) is 4.59. The fraction of sp³-hybridized carbons (Fsp3) is 0.133. The van der Waals surface area contributed by atoms with Gasteiger partial charge in [0.05, 0.1) is 10.7 Å². The lowest BCUT2D eigenvalue weighted by Crippen LogP contribution is -2.13. The summed E-state index contributed by atoms with van der Waals surface area (Å²) in [4.78, 5) is 12.7. The van der Waals surface area contributed by atoms with E-state index in [-0.39, 0.29) is 5.57 Å². The van der Waals surface area contributed by atoms with Crippen molar-refractivity contribution < 1.29 is 14.3 Å². The number of benzene rings is 4. The highest BCUT2D eigenvalue weighted by molar-refractivity contribution is 14.1.